The summed E-state index contributed by atoms with van der Waals surface area (Å²) < 4.78 is 13.1. The highest BCUT2D eigenvalue weighted by atomic mass is 16.3. The van der Waals surface area contributed by atoms with Crippen molar-refractivity contribution in [2.75, 3.05) is 0 Å². The lowest BCUT2D eigenvalue weighted by molar-refractivity contribution is 0.670. The molecule has 3 heterocycles. The highest BCUT2D eigenvalue weighted by molar-refractivity contribution is 6.11. The second kappa shape index (κ2) is 11.4. The van der Waals surface area contributed by atoms with Gasteiger partial charge in [0.15, 0.2) is 5.82 Å². The Balaban J connectivity index is 1.26. The first-order valence-electron chi connectivity index (χ1n) is 16.7. The monoisotopic (exact) mass is 640 g/mol. The molecular weight excluding hydrogens is 613 g/mol. The van der Waals surface area contributed by atoms with Crippen molar-refractivity contribution in [2.45, 2.75) is 0 Å². The molecule has 0 aliphatic heterocycles. The molecule has 7 aromatic carbocycles. The average Bonchev–Trinajstić information content (AvgIpc) is 3.77. The van der Waals surface area contributed by atoms with Crippen LogP contribution in [0.2, 0.25) is 0 Å². The first kappa shape index (κ1) is 28.3. The fraction of sp³-hybridized carbons (Fsp3) is 0. The molecule has 0 amide bonds. The maximum absolute atomic E-state index is 6.54. The Bertz CT molecular complexity index is 2680. The predicted octanol–water partition coefficient (Wildman–Crippen LogP) is 12.6. The van der Waals surface area contributed by atoms with Gasteiger partial charge in [-0.05, 0) is 47.5 Å². The third kappa shape index (κ3) is 4.69. The molecular formula is C46H28N2O2. The molecule has 0 radical (unpaired) electrons. The molecule has 10 rings (SSSR count). The molecule has 0 atom stereocenters. The summed E-state index contributed by atoms with van der Waals surface area (Å²) in [6.07, 6.45) is 0. The van der Waals surface area contributed by atoms with Gasteiger partial charge in [0.2, 0.25) is 0 Å². The summed E-state index contributed by atoms with van der Waals surface area (Å²) in [5.41, 5.74) is 12.1. The van der Waals surface area contributed by atoms with Crippen LogP contribution in [-0.4, -0.2) is 9.97 Å². The quantitative estimate of drug-likeness (QED) is 0.188. The van der Waals surface area contributed by atoms with Crippen LogP contribution in [-0.2, 0) is 0 Å². The summed E-state index contributed by atoms with van der Waals surface area (Å²) >= 11 is 0. The Morgan fingerprint density at radius 1 is 0.320 bits per heavy atom. The SMILES string of the molecule is c1ccc(-c2cc(-c3ccccc3)nc(-c3cc(-c4cccc5c4oc4ccccc45)cc(-c4cccc5c4oc4ccccc45)c3)n2)cc1. The van der Waals surface area contributed by atoms with E-state index in [2.05, 4.69) is 109 Å². The molecule has 3 aromatic heterocycles. The van der Waals surface area contributed by atoms with Crippen molar-refractivity contribution < 1.29 is 8.83 Å². The number of hydrogen-bond donors (Lipinski definition) is 0. The number of hydrogen-bond acceptors (Lipinski definition) is 4. The molecule has 4 nitrogen and oxygen atoms in total. The Morgan fingerprint density at radius 3 is 1.24 bits per heavy atom. The van der Waals surface area contributed by atoms with E-state index < -0.39 is 0 Å². The molecule has 0 bridgehead atoms. The minimum atomic E-state index is 0.641. The molecule has 0 aliphatic rings. The van der Waals surface area contributed by atoms with E-state index in [0.717, 1.165) is 94.2 Å². The van der Waals surface area contributed by atoms with Crippen molar-refractivity contribution >= 4 is 43.9 Å². The van der Waals surface area contributed by atoms with Gasteiger partial charge in [-0.3, -0.25) is 0 Å². The van der Waals surface area contributed by atoms with Crippen LogP contribution in [0.4, 0.5) is 0 Å². The zero-order valence-corrected chi connectivity index (χ0v) is 26.9. The number of furan rings is 2. The highest BCUT2D eigenvalue weighted by Crippen LogP contribution is 2.42. The van der Waals surface area contributed by atoms with Crippen molar-refractivity contribution in [1.82, 2.24) is 9.97 Å². The van der Waals surface area contributed by atoms with E-state index in [4.69, 9.17) is 18.8 Å². The van der Waals surface area contributed by atoms with Gasteiger partial charge in [-0.2, -0.15) is 0 Å². The third-order valence-corrected chi connectivity index (χ3v) is 9.49. The van der Waals surface area contributed by atoms with Crippen LogP contribution in [0.25, 0.3) is 100 Å². The molecule has 0 unspecified atom stereocenters. The zero-order valence-electron chi connectivity index (χ0n) is 26.9. The number of fused-ring (bicyclic) bond motifs is 6. The first-order chi connectivity index (χ1) is 24.8. The molecule has 10 aromatic rings. The number of aromatic nitrogens is 2. The second-order valence-corrected chi connectivity index (χ2v) is 12.6. The Labute approximate surface area is 287 Å². The van der Waals surface area contributed by atoms with Gasteiger partial charge >= 0.3 is 0 Å². The Kier molecular flexibility index (Phi) is 6.46. The van der Waals surface area contributed by atoms with Crippen LogP contribution >= 0.6 is 0 Å². The lowest BCUT2D eigenvalue weighted by Crippen LogP contribution is -1.97. The van der Waals surface area contributed by atoms with Crippen molar-refractivity contribution in [1.29, 1.82) is 0 Å². The van der Waals surface area contributed by atoms with Crippen LogP contribution in [0.1, 0.15) is 0 Å². The van der Waals surface area contributed by atoms with E-state index in [9.17, 15) is 0 Å². The Hall–Kier alpha value is -6.78. The number of benzene rings is 7. The summed E-state index contributed by atoms with van der Waals surface area (Å²) in [6, 6.07) is 58.4. The van der Waals surface area contributed by atoms with Gasteiger partial charge in [0.05, 0.1) is 11.4 Å². The standard InChI is InChI=1S/C46H28N2O2/c1-3-13-29(14-4-1)40-28-41(30-15-5-2-6-16-30)48-46(47-40)33-26-31(34-19-11-21-38-36-17-7-9-23-42(36)49-44(34)38)25-32(27-33)35-20-12-22-39-37-18-8-10-24-43(37)50-45(35)39/h1-28H. The molecule has 4 heteroatoms. The van der Waals surface area contributed by atoms with E-state index in [0.29, 0.717) is 5.82 Å². The molecule has 0 saturated carbocycles. The van der Waals surface area contributed by atoms with Gasteiger partial charge in [0.25, 0.3) is 0 Å². The summed E-state index contributed by atoms with van der Waals surface area (Å²) in [5, 5.41) is 4.36. The topological polar surface area (TPSA) is 52.1 Å². The fourth-order valence-electron chi connectivity index (χ4n) is 7.11. The van der Waals surface area contributed by atoms with Crippen LogP contribution in [0.5, 0.6) is 0 Å². The first-order valence-corrected chi connectivity index (χ1v) is 16.7. The van der Waals surface area contributed by atoms with Gasteiger partial charge in [-0.25, -0.2) is 9.97 Å². The van der Waals surface area contributed by atoms with Crippen molar-refractivity contribution in [2.24, 2.45) is 0 Å². The zero-order chi connectivity index (χ0) is 33.0. The summed E-state index contributed by atoms with van der Waals surface area (Å²) in [4.78, 5) is 10.4. The van der Waals surface area contributed by atoms with Gasteiger partial charge in [0.1, 0.15) is 22.3 Å². The van der Waals surface area contributed by atoms with Crippen molar-refractivity contribution in [3.05, 3.63) is 170 Å². The lowest BCUT2D eigenvalue weighted by atomic mass is 9.93. The van der Waals surface area contributed by atoms with Gasteiger partial charge in [-0.1, -0.05) is 133 Å². The van der Waals surface area contributed by atoms with Crippen molar-refractivity contribution in [3.63, 3.8) is 0 Å². The highest BCUT2D eigenvalue weighted by Gasteiger charge is 2.19. The summed E-state index contributed by atoms with van der Waals surface area (Å²) in [7, 11) is 0. The molecule has 50 heavy (non-hydrogen) atoms. The summed E-state index contributed by atoms with van der Waals surface area (Å²) in [5.74, 6) is 0.641. The molecule has 0 N–H and O–H groups in total. The van der Waals surface area contributed by atoms with E-state index in [1.807, 2.05) is 60.7 Å². The molecule has 0 spiro atoms. The van der Waals surface area contributed by atoms with Crippen molar-refractivity contribution in [3.8, 4) is 56.2 Å². The predicted molar refractivity (Wildman–Crippen MR) is 204 cm³/mol. The summed E-state index contributed by atoms with van der Waals surface area (Å²) in [6.45, 7) is 0. The largest absolute Gasteiger partial charge is 0.455 e. The van der Waals surface area contributed by atoms with Crippen LogP contribution in [0.3, 0.4) is 0 Å². The lowest BCUT2D eigenvalue weighted by Gasteiger charge is -2.13. The van der Waals surface area contributed by atoms with E-state index in [1.54, 1.807) is 0 Å². The van der Waals surface area contributed by atoms with E-state index in [1.165, 1.54) is 0 Å². The smallest absolute Gasteiger partial charge is 0.160 e. The Morgan fingerprint density at radius 2 is 0.740 bits per heavy atom. The molecule has 0 aliphatic carbocycles. The van der Waals surface area contributed by atoms with Gasteiger partial charge in [0, 0.05) is 49.4 Å². The fourth-order valence-corrected chi connectivity index (χ4v) is 7.11. The van der Waals surface area contributed by atoms with Gasteiger partial charge < -0.3 is 8.83 Å². The van der Waals surface area contributed by atoms with Crippen LogP contribution in [0, 0.1) is 0 Å². The maximum Gasteiger partial charge on any atom is 0.160 e. The average molecular weight is 641 g/mol. The number of nitrogens with zero attached hydrogens (tertiary/aromatic N) is 2. The minimum Gasteiger partial charge on any atom is -0.455 e. The van der Waals surface area contributed by atoms with Crippen LogP contribution in [0.15, 0.2) is 179 Å². The number of para-hydroxylation sites is 4. The number of rotatable bonds is 5. The van der Waals surface area contributed by atoms with E-state index in [-0.39, 0.29) is 0 Å². The minimum absolute atomic E-state index is 0.641. The normalized spacial score (nSPS) is 11.6. The van der Waals surface area contributed by atoms with Crippen LogP contribution < -0.4 is 0 Å². The molecule has 0 saturated heterocycles. The van der Waals surface area contributed by atoms with Gasteiger partial charge in [-0.15, -0.1) is 0 Å². The maximum atomic E-state index is 6.54. The molecule has 0 fully saturated rings. The molecule has 234 valence electrons. The van der Waals surface area contributed by atoms with E-state index >= 15 is 0 Å². The second-order valence-electron chi connectivity index (χ2n) is 12.6. The third-order valence-electron chi connectivity index (χ3n) is 9.49.